The minimum Gasteiger partial charge on any atom is -0.487 e. The molecule has 2 aromatic carbocycles. The highest BCUT2D eigenvalue weighted by molar-refractivity contribution is 9.10. The first-order chi connectivity index (χ1) is 17.9. The molecule has 6 rings (SSSR count). The number of pyridine rings is 1. The number of nitriles is 1. The molecule has 0 spiro atoms. The SMILES string of the molecule is Cc1ccc2oc(C3CCN(c4c(C#N)c(=O)n(C)c5cc(O[C@@H]6CCOC6)c(Br)cc45)CC3)nc2c1. The summed E-state index contributed by atoms with van der Waals surface area (Å²) < 4.78 is 20.0. The van der Waals surface area contributed by atoms with E-state index in [0.717, 1.165) is 57.2 Å². The summed E-state index contributed by atoms with van der Waals surface area (Å²) in [7, 11) is 1.70. The van der Waals surface area contributed by atoms with Crippen molar-refractivity contribution >= 4 is 43.6 Å². The molecule has 4 aromatic rings. The molecule has 2 aromatic heterocycles. The molecule has 2 aliphatic rings. The van der Waals surface area contributed by atoms with Crippen LogP contribution in [0.3, 0.4) is 0 Å². The molecule has 8 nitrogen and oxygen atoms in total. The van der Waals surface area contributed by atoms with Crippen molar-refractivity contribution in [3.05, 3.63) is 62.2 Å². The smallest absolute Gasteiger partial charge is 0.270 e. The number of anilines is 1. The van der Waals surface area contributed by atoms with Crippen molar-refractivity contribution < 1.29 is 13.9 Å². The molecule has 0 radical (unpaired) electrons. The Bertz CT molecular complexity index is 1610. The molecule has 0 unspecified atom stereocenters. The molecule has 190 valence electrons. The Morgan fingerprint density at radius 1 is 1.19 bits per heavy atom. The third-order valence-electron chi connectivity index (χ3n) is 7.44. The number of aryl methyl sites for hydroxylation is 2. The third kappa shape index (κ3) is 4.28. The Balaban J connectivity index is 1.34. The molecule has 2 aliphatic heterocycles. The van der Waals surface area contributed by atoms with Crippen molar-refractivity contribution in [3.63, 3.8) is 0 Å². The number of benzene rings is 2. The van der Waals surface area contributed by atoms with Gasteiger partial charge < -0.3 is 23.4 Å². The lowest BCUT2D eigenvalue weighted by Crippen LogP contribution is -2.36. The highest BCUT2D eigenvalue weighted by atomic mass is 79.9. The summed E-state index contributed by atoms with van der Waals surface area (Å²) in [6.07, 6.45) is 2.45. The van der Waals surface area contributed by atoms with Crippen molar-refractivity contribution in [2.24, 2.45) is 7.05 Å². The monoisotopic (exact) mass is 562 g/mol. The number of hydrogen-bond acceptors (Lipinski definition) is 7. The molecule has 0 bridgehead atoms. The van der Waals surface area contributed by atoms with Gasteiger partial charge in [-0.05, 0) is 59.5 Å². The van der Waals surface area contributed by atoms with Crippen LogP contribution in [0.5, 0.6) is 5.75 Å². The van der Waals surface area contributed by atoms with Gasteiger partial charge in [0.25, 0.3) is 5.56 Å². The standard InChI is InChI=1S/C28H27BrN4O4/c1-16-3-4-24-22(11-16)31-27(37-24)17-5-8-33(9-6-17)26-19-12-21(29)25(36-18-7-10-35-15-18)13-23(19)32(2)28(34)20(26)14-30/h3-4,11-13,17-18H,5-10,15H2,1-2H3/t18-/m1/s1. The lowest BCUT2D eigenvalue weighted by Gasteiger charge is -2.34. The number of ether oxygens (including phenoxy) is 2. The van der Waals surface area contributed by atoms with E-state index in [2.05, 4.69) is 26.9 Å². The van der Waals surface area contributed by atoms with Gasteiger partial charge in [-0.1, -0.05) is 6.07 Å². The van der Waals surface area contributed by atoms with Gasteiger partial charge in [-0.15, -0.1) is 0 Å². The van der Waals surface area contributed by atoms with Crippen LogP contribution in [0.1, 0.15) is 42.2 Å². The van der Waals surface area contributed by atoms with E-state index in [9.17, 15) is 10.1 Å². The Labute approximate surface area is 222 Å². The second-order valence-corrected chi connectivity index (χ2v) is 10.7. The lowest BCUT2D eigenvalue weighted by atomic mass is 9.95. The fraction of sp³-hybridized carbons (Fsp3) is 0.393. The van der Waals surface area contributed by atoms with Gasteiger partial charge in [0.05, 0.1) is 28.9 Å². The number of halogens is 1. The van der Waals surface area contributed by atoms with Crippen LogP contribution in [0, 0.1) is 18.3 Å². The molecule has 0 saturated carbocycles. The highest BCUT2D eigenvalue weighted by Crippen LogP contribution is 2.39. The zero-order valence-electron chi connectivity index (χ0n) is 20.8. The van der Waals surface area contributed by atoms with Crippen LogP contribution in [0.25, 0.3) is 22.0 Å². The maximum atomic E-state index is 13.2. The fourth-order valence-corrected chi connectivity index (χ4v) is 5.84. The summed E-state index contributed by atoms with van der Waals surface area (Å²) in [4.78, 5) is 20.2. The Kier molecular flexibility index (Phi) is 6.17. The molecule has 0 aliphatic carbocycles. The highest BCUT2D eigenvalue weighted by Gasteiger charge is 2.29. The van der Waals surface area contributed by atoms with Crippen molar-refractivity contribution in [1.29, 1.82) is 5.26 Å². The fourth-order valence-electron chi connectivity index (χ4n) is 5.41. The maximum Gasteiger partial charge on any atom is 0.270 e. The van der Waals surface area contributed by atoms with Crippen LogP contribution in [-0.2, 0) is 11.8 Å². The predicted octanol–water partition coefficient (Wildman–Crippen LogP) is 5.17. The molecule has 37 heavy (non-hydrogen) atoms. The van der Waals surface area contributed by atoms with Crippen molar-refractivity contribution in [3.8, 4) is 11.8 Å². The minimum absolute atomic E-state index is 0.0153. The summed E-state index contributed by atoms with van der Waals surface area (Å²) in [6, 6.07) is 12.1. The van der Waals surface area contributed by atoms with E-state index in [1.165, 1.54) is 4.57 Å². The number of nitrogens with zero attached hydrogens (tertiary/aromatic N) is 4. The van der Waals surface area contributed by atoms with Crippen molar-refractivity contribution in [1.82, 2.24) is 9.55 Å². The van der Waals surface area contributed by atoms with E-state index in [0.29, 0.717) is 37.7 Å². The van der Waals surface area contributed by atoms with E-state index >= 15 is 0 Å². The van der Waals surface area contributed by atoms with Crippen LogP contribution < -0.4 is 15.2 Å². The molecule has 2 fully saturated rings. The van der Waals surface area contributed by atoms with Gasteiger partial charge in [0.2, 0.25) is 0 Å². The normalized spacial score (nSPS) is 18.5. The Morgan fingerprint density at radius 3 is 2.73 bits per heavy atom. The van der Waals surface area contributed by atoms with Crippen LogP contribution in [-0.4, -0.2) is 42.0 Å². The summed E-state index contributed by atoms with van der Waals surface area (Å²) in [5, 5.41) is 10.8. The summed E-state index contributed by atoms with van der Waals surface area (Å²) in [5.74, 6) is 1.61. The maximum absolute atomic E-state index is 13.2. The van der Waals surface area contributed by atoms with E-state index in [-0.39, 0.29) is 23.1 Å². The first kappa shape index (κ1) is 24.0. The number of oxazole rings is 1. The lowest BCUT2D eigenvalue weighted by molar-refractivity contribution is 0.141. The van der Waals surface area contributed by atoms with Crippen LogP contribution in [0.4, 0.5) is 5.69 Å². The molecule has 9 heteroatoms. The van der Waals surface area contributed by atoms with Gasteiger partial charge in [0.15, 0.2) is 11.5 Å². The summed E-state index contributed by atoms with van der Waals surface area (Å²) in [6.45, 7) is 4.66. The van der Waals surface area contributed by atoms with E-state index in [1.807, 2.05) is 37.3 Å². The van der Waals surface area contributed by atoms with Gasteiger partial charge >= 0.3 is 0 Å². The second-order valence-electron chi connectivity index (χ2n) is 9.89. The minimum atomic E-state index is -0.307. The Morgan fingerprint density at radius 2 is 2.00 bits per heavy atom. The van der Waals surface area contributed by atoms with Gasteiger partial charge in [0, 0.05) is 43.9 Å². The average Bonchev–Trinajstić information content (AvgIpc) is 3.57. The molecular formula is C28H27BrN4O4. The number of fused-ring (bicyclic) bond motifs is 2. The predicted molar refractivity (Wildman–Crippen MR) is 144 cm³/mol. The van der Waals surface area contributed by atoms with Gasteiger partial charge in [-0.2, -0.15) is 5.26 Å². The van der Waals surface area contributed by atoms with E-state index in [1.54, 1.807) is 7.05 Å². The molecule has 0 N–H and O–H groups in total. The number of rotatable bonds is 4. The van der Waals surface area contributed by atoms with Crippen molar-refractivity contribution in [2.75, 3.05) is 31.2 Å². The zero-order chi connectivity index (χ0) is 25.7. The molecule has 1 atom stereocenters. The van der Waals surface area contributed by atoms with Crippen LogP contribution in [0.15, 0.2) is 44.0 Å². The second kappa shape index (κ2) is 9.51. The quantitative estimate of drug-likeness (QED) is 0.338. The number of aromatic nitrogens is 2. The number of piperidine rings is 1. The Hall–Kier alpha value is -3.35. The van der Waals surface area contributed by atoms with Crippen LogP contribution in [0.2, 0.25) is 0 Å². The van der Waals surface area contributed by atoms with Gasteiger partial charge in [0.1, 0.15) is 29.0 Å². The molecule has 0 amide bonds. The third-order valence-corrected chi connectivity index (χ3v) is 8.06. The van der Waals surface area contributed by atoms with E-state index in [4.69, 9.17) is 18.9 Å². The van der Waals surface area contributed by atoms with Gasteiger partial charge in [-0.25, -0.2) is 4.98 Å². The first-order valence-electron chi connectivity index (χ1n) is 12.6. The molecule has 2 saturated heterocycles. The van der Waals surface area contributed by atoms with Crippen LogP contribution >= 0.6 is 15.9 Å². The van der Waals surface area contributed by atoms with Gasteiger partial charge in [-0.3, -0.25) is 4.79 Å². The zero-order valence-corrected chi connectivity index (χ0v) is 22.4. The summed E-state index contributed by atoms with van der Waals surface area (Å²) in [5.41, 5.74) is 4.11. The average molecular weight is 563 g/mol. The number of hydrogen-bond donors (Lipinski definition) is 0. The summed E-state index contributed by atoms with van der Waals surface area (Å²) >= 11 is 3.66. The topological polar surface area (TPSA) is 93.5 Å². The first-order valence-corrected chi connectivity index (χ1v) is 13.3. The van der Waals surface area contributed by atoms with Crippen molar-refractivity contribution in [2.45, 2.75) is 38.2 Å². The largest absolute Gasteiger partial charge is 0.487 e. The molecular weight excluding hydrogens is 536 g/mol. The molecule has 4 heterocycles. The van der Waals surface area contributed by atoms with E-state index < -0.39 is 0 Å².